The molecule has 3 heteroatoms. The Kier molecular flexibility index (Phi) is 3.20. The van der Waals surface area contributed by atoms with Crippen LogP contribution in [0.2, 0.25) is 0 Å². The Hall–Kier alpha value is -1.22. The average molecular weight is 275 g/mol. The van der Waals surface area contributed by atoms with Crippen LogP contribution in [0.5, 0.6) is 5.75 Å². The maximum atomic E-state index is 5.86. The van der Waals surface area contributed by atoms with E-state index in [9.17, 15) is 0 Å². The summed E-state index contributed by atoms with van der Waals surface area (Å²) < 4.78 is 11.4. The lowest BCUT2D eigenvalue weighted by atomic mass is 9.57. The van der Waals surface area contributed by atoms with Crippen LogP contribution < -0.4 is 10.1 Å². The molecule has 3 atom stereocenters. The van der Waals surface area contributed by atoms with Crippen molar-refractivity contribution >= 4 is 5.69 Å². The van der Waals surface area contributed by atoms with Gasteiger partial charge in [-0.05, 0) is 31.9 Å². The molecule has 1 aromatic rings. The summed E-state index contributed by atoms with van der Waals surface area (Å²) in [5.41, 5.74) is 3.78. The summed E-state index contributed by atoms with van der Waals surface area (Å²) >= 11 is 0. The van der Waals surface area contributed by atoms with Gasteiger partial charge in [0.15, 0.2) is 0 Å². The molecule has 0 amide bonds. The Bertz CT molecular complexity index is 524. The molecule has 0 aromatic heterocycles. The third kappa shape index (κ3) is 1.83. The number of anilines is 1. The van der Waals surface area contributed by atoms with Gasteiger partial charge in [-0.1, -0.05) is 19.9 Å². The van der Waals surface area contributed by atoms with Crippen molar-refractivity contribution in [2.75, 3.05) is 19.0 Å². The van der Waals surface area contributed by atoms with Crippen LogP contribution in [0.4, 0.5) is 5.69 Å². The lowest BCUT2D eigenvalue weighted by Crippen LogP contribution is -2.63. The zero-order chi connectivity index (χ0) is 14.5. The number of hydrogen-bond donors (Lipinski definition) is 1. The standard InChI is InChI=1S/C17H25NO2/c1-10-6-7-13(11(2)14(10)19-5)18-15-12-8-9-20-16(12)17(15,3)4/h6-7,12,15-16,18H,8-9H2,1-5H3. The topological polar surface area (TPSA) is 30.5 Å². The van der Waals surface area contributed by atoms with Gasteiger partial charge in [-0.2, -0.15) is 0 Å². The Balaban J connectivity index is 1.85. The van der Waals surface area contributed by atoms with Crippen LogP contribution >= 0.6 is 0 Å². The van der Waals surface area contributed by atoms with Crippen LogP contribution in [0.1, 0.15) is 31.4 Å². The predicted octanol–water partition coefficient (Wildman–Crippen LogP) is 3.54. The van der Waals surface area contributed by atoms with Crippen LogP contribution in [0, 0.1) is 25.2 Å². The Labute approximate surface area is 121 Å². The smallest absolute Gasteiger partial charge is 0.126 e. The normalized spacial score (nSPS) is 30.6. The molecule has 1 aliphatic carbocycles. The highest BCUT2D eigenvalue weighted by molar-refractivity contribution is 5.60. The Morgan fingerprint density at radius 3 is 2.75 bits per heavy atom. The van der Waals surface area contributed by atoms with E-state index in [1.807, 2.05) is 0 Å². The largest absolute Gasteiger partial charge is 0.496 e. The average Bonchev–Trinajstić information content (AvgIpc) is 2.85. The molecule has 3 rings (SSSR count). The molecular formula is C17H25NO2. The molecule has 1 heterocycles. The van der Waals surface area contributed by atoms with Gasteiger partial charge >= 0.3 is 0 Å². The number of rotatable bonds is 3. The van der Waals surface area contributed by atoms with E-state index in [4.69, 9.17) is 9.47 Å². The van der Waals surface area contributed by atoms with E-state index in [2.05, 4.69) is 45.1 Å². The molecule has 2 fully saturated rings. The van der Waals surface area contributed by atoms with Crippen LogP contribution in [0.15, 0.2) is 12.1 Å². The molecule has 0 radical (unpaired) electrons. The molecule has 0 bridgehead atoms. The first-order valence-corrected chi connectivity index (χ1v) is 7.49. The maximum Gasteiger partial charge on any atom is 0.126 e. The lowest BCUT2D eigenvalue weighted by molar-refractivity contribution is -0.0923. The van der Waals surface area contributed by atoms with Gasteiger partial charge in [0.1, 0.15) is 5.75 Å². The minimum atomic E-state index is 0.200. The van der Waals surface area contributed by atoms with E-state index in [0.29, 0.717) is 18.1 Å². The maximum absolute atomic E-state index is 5.86. The molecule has 3 nitrogen and oxygen atoms in total. The first-order valence-electron chi connectivity index (χ1n) is 7.49. The van der Waals surface area contributed by atoms with E-state index in [1.54, 1.807) is 7.11 Å². The minimum absolute atomic E-state index is 0.200. The number of aryl methyl sites for hydroxylation is 1. The van der Waals surface area contributed by atoms with E-state index < -0.39 is 0 Å². The Morgan fingerprint density at radius 2 is 2.05 bits per heavy atom. The lowest BCUT2D eigenvalue weighted by Gasteiger charge is -2.55. The zero-order valence-electron chi connectivity index (χ0n) is 13.1. The summed E-state index contributed by atoms with van der Waals surface area (Å²) in [6.07, 6.45) is 1.60. The van der Waals surface area contributed by atoms with E-state index in [1.165, 1.54) is 23.2 Å². The minimum Gasteiger partial charge on any atom is -0.496 e. The second kappa shape index (κ2) is 4.66. The Morgan fingerprint density at radius 1 is 1.30 bits per heavy atom. The summed E-state index contributed by atoms with van der Waals surface area (Å²) in [6.45, 7) is 9.73. The van der Waals surface area contributed by atoms with Crippen molar-refractivity contribution in [3.8, 4) is 5.75 Å². The van der Waals surface area contributed by atoms with Crippen molar-refractivity contribution in [3.05, 3.63) is 23.3 Å². The highest BCUT2D eigenvalue weighted by atomic mass is 16.5. The zero-order valence-corrected chi connectivity index (χ0v) is 13.1. The molecule has 0 spiro atoms. The van der Waals surface area contributed by atoms with Crippen molar-refractivity contribution in [2.24, 2.45) is 11.3 Å². The highest BCUT2D eigenvalue weighted by Gasteiger charge is 2.59. The summed E-state index contributed by atoms with van der Waals surface area (Å²) in [6, 6.07) is 4.79. The first kappa shape index (κ1) is 13.7. The summed E-state index contributed by atoms with van der Waals surface area (Å²) in [5, 5.41) is 3.75. The second-order valence-corrected chi connectivity index (χ2v) is 6.78. The second-order valence-electron chi connectivity index (χ2n) is 6.78. The summed E-state index contributed by atoms with van der Waals surface area (Å²) in [7, 11) is 1.74. The molecule has 1 saturated heterocycles. The van der Waals surface area contributed by atoms with E-state index in [0.717, 1.165) is 12.4 Å². The number of ether oxygens (including phenoxy) is 2. The molecule has 1 aromatic carbocycles. The molecule has 1 N–H and O–H groups in total. The van der Waals surface area contributed by atoms with Crippen molar-refractivity contribution in [1.82, 2.24) is 0 Å². The molecule has 110 valence electrons. The number of nitrogens with one attached hydrogen (secondary N) is 1. The van der Waals surface area contributed by atoms with Gasteiger partial charge in [0.25, 0.3) is 0 Å². The molecular weight excluding hydrogens is 250 g/mol. The van der Waals surface area contributed by atoms with Gasteiger partial charge in [-0.3, -0.25) is 0 Å². The van der Waals surface area contributed by atoms with Crippen molar-refractivity contribution in [1.29, 1.82) is 0 Å². The van der Waals surface area contributed by atoms with Crippen LogP contribution in [-0.4, -0.2) is 25.9 Å². The molecule has 20 heavy (non-hydrogen) atoms. The highest BCUT2D eigenvalue weighted by Crippen LogP contribution is 2.53. The van der Waals surface area contributed by atoms with Gasteiger partial charge < -0.3 is 14.8 Å². The molecule has 3 unspecified atom stereocenters. The molecule has 1 saturated carbocycles. The third-order valence-corrected chi connectivity index (χ3v) is 5.22. The first-order chi connectivity index (χ1) is 9.46. The van der Waals surface area contributed by atoms with Gasteiger partial charge in [-0.25, -0.2) is 0 Å². The summed E-state index contributed by atoms with van der Waals surface area (Å²) in [5.74, 6) is 1.64. The van der Waals surface area contributed by atoms with Gasteiger partial charge in [0, 0.05) is 35.2 Å². The summed E-state index contributed by atoms with van der Waals surface area (Å²) in [4.78, 5) is 0. The number of fused-ring (bicyclic) bond motifs is 1. The fourth-order valence-corrected chi connectivity index (χ4v) is 4.08. The van der Waals surface area contributed by atoms with Crippen LogP contribution in [-0.2, 0) is 4.74 Å². The fourth-order valence-electron chi connectivity index (χ4n) is 4.08. The van der Waals surface area contributed by atoms with E-state index >= 15 is 0 Å². The number of benzene rings is 1. The SMILES string of the molecule is COc1c(C)ccc(NC2C3CCOC3C2(C)C)c1C. The van der Waals surface area contributed by atoms with Gasteiger partial charge in [0.2, 0.25) is 0 Å². The molecule has 1 aliphatic heterocycles. The van der Waals surface area contributed by atoms with Crippen molar-refractivity contribution in [2.45, 2.75) is 46.3 Å². The van der Waals surface area contributed by atoms with Crippen molar-refractivity contribution < 1.29 is 9.47 Å². The molecule has 2 aliphatic rings. The number of methoxy groups -OCH3 is 1. The van der Waals surface area contributed by atoms with E-state index in [-0.39, 0.29) is 5.41 Å². The van der Waals surface area contributed by atoms with Gasteiger partial charge in [0.05, 0.1) is 13.2 Å². The third-order valence-electron chi connectivity index (χ3n) is 5.22. The monoisotopic (exact) mass is 275 g/mol. The quantitative estimate of drug-likeness (QED) is 0.915. The van der Waals surface area contributed by atoms with Gasteiger partial charge in [-0.15, -0.1) is 0 Å². The van der Waals surface area contributed by atoms with Crippen LogP contribution in [0.25, 0.3) is 0 Å². The van der Waals surface area contributed by atoms with Crippen LogP contribution in [0.3, 0.4) is 0 Å². The number of hydrogen-bond acceptors (Lipinski definition) is 3. The predicted molar refractivity (Wildman–Crippen MR) is 81.5 cm³/mol. The fraction of sp³-hybridized carbons (Fsp3) is 0.647. The van der Waals surface area contributed by atoms with Crippen molar-refractivity contribution in [3.63, 3.8) is 0 Å².